The molecule has 162 valence electrons. The molecule has 1 heterocycles. The fraction of sp³-hybridized carbons (Fsp3) is 0.261. The Morgan fingerprint density at radius 3 is 2.32 bits per heavy atom. The summed E-state index contributed by atoms with van der Waals surface area (Å²) >= 11 is 1.37. The molecule has 0 unspecified atom stereocenters. The van der Waals surface area contributed by atoms with Gasteiger partial charge in [-0.1, -0.05) is 48.5 Å². The van der Waals surface area contributed by atoms with Gasteiger partial charge >= 0.3 is 18.0 Å². The van der Waals surface area contributed by atoms with Crippen molar-refractivity contribution >= 4 is 29.7 Å². The predicted molar refractivity (Wildman–Crippen MR) is 117 cm³/mol. The summed E-state index contributed by atoms with van der Waals surface area (Å²) in [4.78, 5) is 38.4. The van der Waals surface area contributed by atoms with E-state index in [-0.39, 0.29) is 24.5 Å². The highest BCUT2D eigenvalue weighted by molar-refractivity contribution is 8.00. The zero-order chi connectivity index (χ0) is 22.2. The second-order valence-corrected chi connectivity index (χ2v) is 8.15. The quantitative estimate of drug-likeness (QED) is 0.481. The van der Waals surface area contributed by atoms with E-state index in [1.165, 1.54) is 11.8 Å². The number of nitrogens with one attached hydrogen (secondary N) is 2. The highest BCUT2D eigenvalue weighted by Gasteiger charge is 2.34. The molecule has 0 fully saturated rings. The number of hydrogen-bond donors (Lipinski definition) is 2. The average molecular weight is 441 g/mol. The van der Waals surface area contributed by atoms with Gasteiger partial charge in [0, 0.05) is 4.90 Å². The summed E-state index contributed by atoms with van der Waals surface area (Å²) in [5, 5.41) is 4.87. The van der Waals surface area contributed by atoms with E-state index in [2.05, 4.69) is 10.6 Å². The minimum absolute atomic E-state index is 0.176. The Labute approximate surface area is 185 Å². The highest BCUT2D eigenvalue weighted by Crippen LogP contribution is 2.28. The van der Waals surface area contributed by atoms with E-state index in [0.29, 0.717) is 0 Å². The number of ether oxygens (including phenoxy) is 2. The molecule has 0 aliphatic carbocycles. The molecule has 0 saturated heterocycles. The van der Waals surface area contributed by atoms with Gasteiger partial charge in [-0.3, -0.25) is 4.79 Å². The Morgan fingerprint density at radius 2 is 1.68 bits per heavy atom. The van der Waals surface area contributed by atoms with Crippen molar-refractivity contribution in [3.8, 4) is 0 Å². The van der Waals surface area contributed by atoms with Crippen LogP contribution >= 0.6 is 11.8 Å². The fourth-order valence-corrected chi connectivity index (χ4v) is 3.98. The summed E-state index contributed by atoms with van der Waals surface area (Å²) in [7, 11) is 0. The van der Waals surface area contributed by atoms with Crippen LogP contribution in [0.25, 0.3) is 0 Å². The van der Waals surface area contributed by atoms with E-state index in [0.717, 1.165) is 10.5 Å². The van der Waals surface area contributed by atoms with Crippen molar-refractivity contribution in [2.45, 2.75) is 30.0 Å². The van der Waals surface area contributed by atoms with Gasteiger partial charge in [0.25, 0.3) is 0 Å². The Kier molecular flexibility index (Phi) is 7.72. The lowest BCUT2D eigenvalue weighted by molar-refractivity contribution is -0.143. The van der Waals surface area contributed by atoms with E-state index >= 15 is 0 Å². The molecule has 0 spiro atoms. The first-order valence-corrected chi connectivity index (χ1v) is 10.8. The van der Waals surface area contributed by atoms with Crippen LogP contribution in [-0.4, -0.2) is 36.4 Å². The first-order chi connectivity index (χ1) is 15.0. The summed E-state index contributed by atoms with van der Waals surface area (Å²) < 4.78 is 10.6. The van der Waals surface area contributed by atoms with Crippen LogP contribution in [0.4, 0.5) is 4.79 Å². The topological polar surface area (TPSA) is 93.7 Å². The van der Waals surface area contributed by atoms with E-state index < -0.39 is 29.3 Å². The van der Waals surface area contributed by atoms with Gasteiger partial charge in [0.1, 0.15) is 11.9 Å². The molecule has 2 aromatic carbocycles. The van der Waals surface area contributed by atoms with Gasteiger partial charge in [0.15, 0.2) is 0 Å². The van der Waals surface area contributed by atoms with Gasteiger partial charge in [0.05, 0.1) is 23.9 Å². The smallest absolute Gasteiger partial charge is 0.338 e. The van der Waals surface area contributed by atoms with E-state index in [1.807, 2.05) is 48.5 Å². The van der Waals surface area contributed by atoms with Gasteiger partial charge in [-0.05, 0) is 31.5 Å². The summed E-state index contributed by atoms with van der Waals surface area (Å²) in [5.41, 5.74) is 1.14. The van der Waals surface area contributed by atoms with Crippen molar-refractivity contribution < 1.29 is 23.9 Å². The largest absolute Gasteiger partial charge is 0.463 e. The van der Waals surface area contributed by atoms with Gasteiger partial charge in [-0.15, -0.1) is 11.8 Å². The monoisotopic (exact) mass is 440 g/mol. The Balaban J connectivity index is 1.80. The molecule has 0 radical (unpaired) electrons. The third kappa shape index (κ3) is 5.88. The van der Waals surface area contributed by atoms with Gasteiger partial charge in [0.2, 0.25) is 0 Å². The fourth-order valence-electron chi connectivity index (χ4n) is 3.09. The number of thioether (sulfide) groups is 1. The van der Waals surface area contributed by atoms with Crippen molar-refractivity contribution in [2.75, 3.05) is 13.2 Å². The molecule has 3 rings (SSSR count). The van der Waals surface area contributed by atoms with Crippen LogP contribution < -0.4 is 10.6 Å². The number of urea groups is 1. The van der Waals surface area contributed by atoms with Crippen LogP contribution in [0, 0.1) is 0 Å². The summed E-state index contributed by atoms with van der Waals surface area (Å²) in [6.45, 7) is 3.38. The van der Waals surface area contributed by atoms with E-state index in [9.17, 15) is 14.4 Å². The molecular weight excluding hydrogens is 416 g/mol. The molecule has 7 nitrogen and oxygen atoms in total. The summed E-state index contributed by atoms with van der Waals surface area (Å²) in [6.07, 6.45) is 0. The third-order valence-electron chi connectivity index (χ3n) is 4.53. The van der Waals surface area contributed by atoms with Crippen LogP contribution in [0.1, 0.15) is 25.5 Å². The number of esters is 2. The molecule has 1 aliphatic heterocycles. The lowest BCUT2D eigenvalue weighted by atomic mass is 9.95. The molecule has 8 heteroatoms. The third-order valence-corrected chi connectivity index (χ3v) is 5.62. The molecule has 2 aromatic rings. The number of carbonyl (C=O) groups is 3. The molecule has 0 aromatic heterocycles. The minimum Gasteiger partial charge on any atom is -0.463 e. The molecule has 0 saturated carbocycles. The number of rotatable bonds is 8. The van der Waals surface area contributed by atoms with Crippen molar-refractivity contribution in [2.24, 2.45) is 0 Å². The first kappa shape index (κ1) is 22.4. The van der Waals surface area contributed by atoms with Gasteiger partial charge < -0.3 is 20.1 Å². The van der Waals surface area contributed by atoms with Crippen molar-refractivity contribution in [1.29, 1.82) is 0 Å². The standard InChI is InChI=1S/C23H24N2O5S/c1-3-29-22(27)19-18(24-23(28)25-20(19)16-10-6-4-7-11-16)14-30-21(26)15(2)31-17-12-8-5-9-13-17/h4-13,15,20H,3,14H2,1-2H3,(H2,24,25,28)/t15-,20-/m1/s1. The second kappa shape index (κ2) is 10.7. The average Bonchev–Trinajstić information content (AvgIpc) is 2.78. The number of hydrogen-bond acceptors (Lipinski definition) is 6. The molecule has 1 aliphatic rings. The second-order valence-electron chi connectivity index (χ2n) is 6.74. The molecule has 2 atom stereocenters. The predicted octanol–water partition coefficient (Wildman–Crippen LogP) is 3.58. The van der Waals surface area contributed by atoms with Crippen LogP contribution in [-0.2, 0) is 19.1 Å². The first-order valence-electron chi connectivity index (χ1n) is 9.90. The van der Waals surface area contributed by atoms with Crippen LogP contribution in [0.5, 0.6) is 0 Å². The van der Waals surface area contributed by atoms with Gasteiger partial charge in [-0.25, -0.2) is 9.59 Å². The lowest BCUT2D eigenvalue weighted by Crippen LogP contribution is -2.47. The molecular formula is C23H24N2O5S. The van der Waals surface area contributed by atoms with Crippen LogP contribution in [0.3, 0.4) is 0 Å². The molecule has 2 amide bonds. The van der Waals surface area contributed by atoms with Crippen molar-refractivity contribution in [3.05, 3.63) is 77.5 Å². The number of carbonyl (C=O) groups excluding carboxylic acids is 3. The lowest BCUT2D eigenvalue weighted by Gasteiger charge is -2.29. The minimum atomic E-state index is -0.709. The molecule has 2 N–H and O–H groups in total. The summed E-state index contributed by atoms with van der Waals surface area (Å²) in [6, 6.07) is 17.4. The Hall–Kier alpha value is -3.26. The number of benzene rings is 2. The highest BCUT2D eigenvalue weighted by atomic mass is 32.2. The molecule has 0 bridgehead atoms. The SMILES string of the molecule is CCOC(=O)C1=C(COC(=O)[C@@H](C)Sc2ccccc2)NC(=O)N[C@@H]1c1ccccc1. The van der Waals surface area contributed by atoms with Crippen molar-refractivity contribution in [1.82, 2.24) is 10.6 Å². The zero-order valence-electron chi connectivity index (χ0n) is 17.3. The summed E-state index contributed by atoms with van der Waals surface area (Å²) in [5.74, 6) is -1.03. The Bertz CT molecular complexity index is 962. The maximum atomic E-state index is 12.7. The zero-order valence-corrected chi connectivity index (χ0v) is 18.1. The Morgan fingerprint density at radius 1 is 1.03 bits per heavy atom. The maximum absolute atomic E-state index is 12.7. The van der Waals surface area contributed by atoms with Gasteiger partial charge in [-0.2, -0.15) is 0 Å². The molecule has 31 heavy (non-hydrogen) atoms. The normalized spacial score (nSPS) is 16.7. The maximum Gasteiger partial charge on any atom is 0.338 e. The number of amides is 2. The van der Waals surface area contributed by atoms with E-state index in [4.69, 9.17) is 9.47 Å². The van der Waals surface area contributed by atoms with Crippen LogP contribution in [0.2, 0.25) is 0 Å². The van der Waals surface area contributed by atoms with Crippen molar-refractivity contribution in [3.63, 3.8) is 0 Å². The van der Waals surface area contributed by atoms with Crippen LogP contribution in [0.15, 0.2) is 76.8 Å². The van der Waals surface area contributed by atoms with E-state index in [1.54, 1.807) is 26.0 Å².